The Morgan fingerprint density at radius 3 is 2.74 bits per heavy atom. The first-order valence-corrected chi connectivity index (χ1v) is 12.5. The van der Waals surface area contributed by atoms with Crippen LogP contribution in [0.25, 0.3) is 5.57 Å². The van der Waals surface area contributed by atoms with E-state index in [-0.39, 0.29) is 0 Å². The topological polar surface area (TPSA) is 54.8 Å². The molecule has 182 valence electrons. The summed E-state index contributed by atoms with van der Waals surface area (Å²) >= 11 is 6.12. The zero-order chi connectivity index (χ0) is 24.4. The molecular formula is C29H31ClN2O3. The number of piperidine rings is 1. The van der Waals surface area contributed by atoms with Crippen LogP contribution >= 0.6 is 11.6 Å². The van der Waals surface area contributed by atoms with Gasteiger partial charge in [0.25, 0.3) is 0 Å². The molecule has 0 atom stereocenters. The van der Waals surface area contributed by atoms with Crippen molar-refractivity contribution in [2.45, 2.75) is 38.4 Å². The van der Waals surface area contributed by atoms with Gasteiger partial charge in [0.05, 0.1) is 18.4 Å². The highest BCUT2D eigenvalue weighted by atomic mass is 35.5. The van der Waals surface area contributed by atoms with Gasteiger partial charge < -0.3 is 19.5 Å². The van der Waals surface area contributed by atoms with Crippen LogP contribution in [-0.4, -0.2) is 41.7 Å². The van der Waals surface area contributed by atoms with Gasteiger partial charge in [-0.05, 0) is 79.3 Å². The maximum atomic E-state index is 11.3. The number of pyridine rings is 1. The summed E-state index contributed by atoms with van der Waals surface area (Å²) in [4.78, 5) is 7.00. The standard InChI is InChI=1S/C29H31ClN2O3/c1-20-17-21(30)7-9-26(20)29(33)11-15-32(16-12-29)14-4-6-23-24-5-3-13-31-27(24)19-35-28-10-8-22(34-2)18-25(23)28/h3,5-10,13,17-18,33H,4,11-12,14-16,19H2,1-2H3/b23-6+. The van der Waals surface area contributed by atoms with Crippen molar-refractivity contribution in [1.29, 1.82) is 0 Å². The summed E-state index contributed by atoms with van der Waals surface area (Å²) in [5.74, 6) is 1.65. The number of rotatable bonds is 5. The van der Waals surface area contributed by atoms with Crippen molar-refractivity contribution in [3.05, 3.63) is 93.8 Å². The number of hydrogen-bond donors (Lipinski definition) is 1. The Hall–Kier alpha value is -2.86. The fourth-order valence-electron chi connectivity index (χ4n) is 5.24. The minimum atomic E-state index is -0.789. The van der Waals surface area contributed by atoms with E-state index in [0.29, 0.717) is 24.5 Å². The van der Waals surface area contributed by atoms with E-state index in [1.54, 1.807) is 7.11 Å². The monoisotopic (exact) mass is 490 g/mol. The molecule has 1 aromatic heterocycles. The van der Waals surface area contributed by atoms with Gasteiger partial charge in [-0.25, -0.2) is 0 Å². The lowest BCUT2D eigenvalue weighted by Gasteiger charge is -2.39. The van der Waals surface area contributed by atoms with Gasteiger partial charge in [0.1, 0.15) is 18.1 Å². The summed E-state index contributed by atoms with van der Waals surface area (Å²) in [5, 5.41) is 12.1. The number of fused-ring (bicyclic) bond motifs is 2. The van der Waals surface area contributed by atoms with Crippen molar-refractivity contribution in [3.63, 3.8) is 0 Å². The van der Waals surface area contributed by atoms with Gasteiger partial charge in [0, 0.05) is 42.0 Å². The van der Waals surface area contributed by atoms with E-state index in [1.165, 1.54) is 0 Å². The maximum absolute atomic E-state index is 11.3. The zero-order valence-electron chi connectivity index (χ0n) is 20.3. The summed E-state index contributed by atoms with van der Waals surface area (Å²) in [6.45, 7) is 5.10. The third-order valence-corrected chi connectivity index (χ3v) is 7.42. The molecule has 0 aliphatic carbocycles. The number of nitrogens with zero attached hydrogens (tertiary/aromatic N) is 2. The normalized spacial score (nSPS) is 18.3. The minimum absolute atomic E-state index is 0.446. The van der Waals surface area contributed by atoms with Crippen LogP contribution in [0.4, 0.5) is 0 Å². The number of aryl methyl sites for hydroxylation is 1. The van der Waals surface area contributed by atoms with Gasteiger partial charge in [0.15, 0.2) is 0 Å². The Morgan fingerprint density at radius 2 is 1.97 bits per heavy atom. The lowest BCUT2D eigenvalue weighted by atomic mass is 9.82. The molecule has 0 spiro atoms. The first-order valence-electron chi connectivity index (χ1n) is 12.1. The van der Waals surface area contributed by atoms with Gasteiger partial charge in [-0.1, -0.05) is 29.8 Å². The third kappa shape index (κ3) is 4.94. The summed E-state index contributed by atoms with van der Waals surface area (Å²) in [7, 11) is 1.68. The average Bonchev–Trinajstić information content (AvgIpc) is 3.02. The highest BCUT2D eigenvalue weighted by Gasteiger charge is 2.34. The second kappa shape index (κ2) is 10.0. The number of benzene rings is 2. The number of hydrogen-bond acceptors (Lipinski definition) is 5. The van der Waals surface area contributed by atoms with E-state index in [2.05, 4.69) is 22.0 Å². The van der Waals surface area contributed by atoms with Crippen LogP contribution in [0.5, 0.6) is 11.5 Å². The molecule has 0 amide bonds. The fourth-order valence-corrected chi connectivity index (χ4v) is 5.46. The Bertz CT molecular complexity index is 1250. The van der Waals surface area contributed by atoms with Gasteiger partial charge in [-0.3, -0.25) is 4.98 Å². The quantitative estimate of drug-likeness (QED) is 0.493. The molecule has 5 nitrogen and oxygen atoms in total. The highest BCUT2D eigenvalue weighted by molar-refractivity contribution is 6.30. The molecule has 1 saturated heterocycles. The number of aromatic nitrogens is 1. The molecule has 3 heterocycles. The molecule has 2 aliphatic rings. The molecule has 1 fully saturated rings. The Labute approximate surface area is 212 Å². The van der Waals surface area contributed by atoms with E-state index >= 15 is 0 Å². The molecule has 0 unspecified atom stereocenters. The second-order valence-electron chi connectivity index (χ2n) is 9.39. The molecule has 35 heavy (non-hydrogen) atoms. The Morgan fingerprint density at radius 1 is 1.14 bits per heavy atom. The van der Waals surface area contributed by atoms with Crippen LogP contribution in [0.3, 0.4) is 0 Å². The first kappa shape index (κ1) is 23.9. The Balaban J connectivity index is 1.32. The lowest BCUT2D eigenvalue weighted by molar-refractivity contribution is -0.0259. The molecule has 3 aromatic rings. The molecule has 0 radical (unpaired) electrons. The molecule has 0 bridgehead atoms. The van der Waals surface area contributed by atoms with Crippen LogP contribution in [0, 0.1) is 6.92 Å². The minimum Gasteiger partial charge on any atom is -0.497 e. The molecule has 5 rings (SSSR count). The van der Waals surface area contributed by atoms with Crippen molar-refractivity contribution in [2.75, 3.05) is 26.7 Å². The van der Waals surface area contributed by atoms with E-state index in [9.17, 15) is 5.11 Å². The van der Waals surface area contributed by atoms with E-state index in [4.69, 9.17) is 21.1 Å². The van der Waals surface area contributed by atoms with E-state index < -0.39 is 5.60 Å². The van der Waals surface area contributed by atoms with E-state index in [0.717, 1.165) is 71.1 Å². The van der Waals surface area contributed by atoms with Gasteiger partial charge in [0.2, 0.25) is 0 Å². The van der Waals surface area contributed by atoms with E-state index in [1.807, 2.05) is 55.6 Å². The fraction of sp³-hybridized carbons (Fsp3) is 0.345. The maximum Gasteiger partial charge on any atom is 0.131 e. The van der Waals surface area contributed by atoms with Crippen molar-refractivity contribution in [3.8, 4) is 11.5 Å². The van der Waals surface area contributed by atoms with Crippen LogP contribution in [-0.2, 0) is 12.2 Å². The average molecular weight is 491 g/mol. The third-order valence-electron chi connectivity index (χ3n) is 7.19. The zero-order valence-corrected chi connectivity index (χ0v) is 21.0. The molecular weight excluding hydrogens is 460 g/mol. The smallest absolute Gasteiger partial charge is 0.131 e. The predicted molar refractivity (Wildman–Crippen MR) is 139 cm³/mol. The van der Waals surface area contributed by atoms with Crippen LogP contribution < -0.4 is 9.47 Å². The highest BCUT2D eigenvalue weighted by Crippen LogP contribution is 2.39. The number of ether oxygens (including phenoxy) is 2. The number of halogens is 1. The lowest BCUT2D eigenvalue weighted by Crippen LogP contribution is -2.43. The molecule has 2 aliphatic heterocycles. The van der Waals surface area contributed by atoms with Crippen molar-refractivity contribution >= 4 is 17.2 Å². The molecule has 0 saturated carbocycles. The van der Waals surface area contributed by atoms with Crippen molar-refractivity contribution in [1.82, 2.24) is 9.88 Å². The largest absolute Gasteiger partial charge is 0.497 e. The van der Waals surface area contributed by atoms with Crippen molar-refractivity contribution in [2.24, 2.45) is 0 Å². The van der Waals surface area contributed by atoms with Crippen molar-refractivity contribution < 1.29 is 14.6 Å². The number of methoxy groups -OCH3 is 1. The van der Waals surface area contributed by atoms with Gasteiger partial charge in [-0.2, -0.15) is 0 Å². The molecule has 1 N–H and O–H groups in total. The summed E-state index contributed by atoms with van der Waals surface area (Å²) in [6.07, 6.45) is 6.42. The summed E-state index contributed by atoms with van der Waals surface area (Å²) < 4.78 is 11.6. The summed E-state index contributed by atoms with van der Waals surface area (Å²) in [6, 6.07) is 15.8. The van der Waals surface area contributed by atoms with Crippen LogP contribution in [0.2, 0.25) is 5.02 Å². The first-order chi connectivity index (χ1) is 17.0. The molecule has 6 heteroatoms. The second-order valence-corrected chi connectivity index (χ2v) is 9.82. The molecule has 2 aromatic carbocycles. The number of likely N-dealkylation sites (tertiary alicyclic amines) is 1. The van der Waals surface area contributed by atoms with Crippen LogP contribution in [0.15, 0.2) is 60.8 Å². The SMILES string of the molecule is COc1ccc2c(c1)/C(=C/CCN1CCC(O)(c3ccc(Cl)cc3C)CC1)c1cccnc1CO2. The Kier molecular flexibility index (Phi) is 6.83. The predicted octanol–water partition coefficient (Wildman–Crippen LogP) is 5.75. The number of aliphatic hydroxyl groups is 1. The van der Waals surface area contributed by atoms with Gasteiger partial charge in [-0.15, -0.1) is 0 Å². The summed E-state index contributed by atoms with van der Waals surface area (Å²) in [5.41, 5.74) is 5.46. The van der Waals surface area contributed by atoms with Gasteiger partial charge >= 0.3 is 0 Å². The van der Waals surface area contributed by atoms with Crippen LogP contribution in [0.1, 0.15) is 47.2 Å².